The first-order valence-corrected chi connectivity index (χ1v) is 8.86. The Morgan fingerprint density at radius 3 is 2.68 bits per heavy atom. The highest BCUT2D eigenvalue weighted by atomic mass is 19.1. The fourth-order valence-electron chi connectivity index (χ4n) is 2.72. The van der Waals surface area contributed by atoms with Crippen LogP contribution in [0.25, 0.3) is 10.9 Å². The third-order valence-electron chi connectivity index (χ3n) is 4.21. The first-order valence-electron chi connectivity index (χ1n) is 8.86. The van der Waals surface area contributed by atoms with E-state index >= 15 is 0 Å². The molecule has 0 aliphatic rings. The van der Waals surface area contributed by atoms with E-state index in [1.54, 1.807) is 30.3 Å². The summed E-state index contributed by atoms with van der Waals surface area (Å²) in [6.07, 6.45) is 1.11. The number of benzene rings is 2. The van der Waals surface area contributed by atoms with Crippen LogP contribution >= 0.6 is 0 Å². The van der Waals surface area contributed by atoms with Gasteiger partial charge in [0.25, 0.3) is 5.91 Å². The summed E-state index contributed by atoms with van der Waals surface area (Å²) in [5.74, 6) is 1.70. The average molecular weight is 387 g/mol. The number of alkyl halides is 1. The number of anilines is 1. The Hall–Kier alpha value is -3.29. The number of hydrogen-bond acceptors (Lipinski definition) is 5. The zero-order valence-corrected chi connectivity index (χ0v) is 15.8. The SMILES string of the molecule is COc1ccc(C(=O)Nc2n[nH]c3ccc(OCCCCF)cc23)cc1OC. The molecular weight excluding hydrogens is 365 g/mol. The number of methoxy groups -OCH3 is 2. The number of unbranched alkanes of at least 4 members (excludes halogenated alkanes) is 1. The summed E-state index contributed by atoms with van der Waals surface area (Å²) < 4.78 is 28.2. The molecule has 0 unspecified atom stereocenters. The van der Waals surface area contributed by atoms with Gasteiger partial charge < -0.3 is 19.5 Å². The fraction of sp³-hybridized carbons (Fsp3) is 0.300. The number of aromatic amines is 1. The molecule has 0 spiro atoms. The van der Waals surface area contributed by atoms with Crippen molar-refractivity contribution in [1.29, 1.82) is 0 Å². The van der Waals surface area contributed by atoms with Crippen LogP contribution in [0.15, 0.2) is 36.4 Å². The van der Waals surface area contributed by atoms with Gasteiger partial charge in [-0.05, 0) is 49.2 Å². The van der Waals surface area contributed by atoms with Crippen LogP contribution in [0.3, 0.4) is 0 Å². The van der Waals surface area contributed by atoms with Crippen molar-refractivity contribution in [3.8, 4) is 17.2 Å². The van der Waals surface area contributed by atoms with Crippen molar-refractivity contribution in [3.63, 3.8) is 0 Å². The molecule has 8 heteroatoms. The summed E-state index contributed by atoms with van der Waals surface area (Å²) in [6.45, 7) is 0.0804. The fourth-order valence-corrected chi connectivity index (χ4v) is 2.72. The van der Waals surface area contributed by atoms with E-state index in [2.05, 4.69) is 15.5 Å². The number of carbonyl (C=O) groups is 1. The van der Waals surface area contributed by atoms with Crippen molar-refractivity contribution in [1.82, 2.24) is 10.2 Å². The van der Waals surface area contributed by atoms with Crippen LogP contribution in [0.1, 0.15) is 23.2 Å². The van der Waals surface area contributed by atoms with E-state index in [4.69, 9.17) is 14.2 Å². The van der Waals surface area contributed by atoms with Crippen molar-refractivity contribution in [2.75, 3.05) is 32.8 Å². The topological polar surface area (TPSA) is 85.5 Å². The summed E-state index contributed by atoms with van der Waals surface area (Å²) in [4.78, 5) is 12.6. The van der Waals surface area contributed by atoms with Gasteiger partial charge in [-0.25, -0.2) is 0 Å². The number of nitrogens with one attached hydrogen (secondary N) is 2. The van der Waals surface area contributed by atoms with Gasteiger partial charge in [-0.1, -0.05) is 0 Å². The molecule has 2 aromatic carbocycles. The lowest BCUT2D eigenvalue weighted by Gasteiger charge is -2.09. The average Bonchev–Trinajstić information content (AvgIpc) is 3.12. The summed E-state index contributed by atoms with van der Waals surface area (Å²) >= 11 is 0. The van der Waals surface area contributed by atoms with Crippen LogP contribution in [-0.2, 0) is 0 Å². The maximum absolute atomic E-state index is 12.6. The minimum Gasteiger partial charge on any atom is -0.494 e. The molecule has 0 saturated heterocycles. The maximum atomic E-state index is 12.6. The summed E-state index contributed by atoms with van der Waals surface area (Å²) in [7, 11) is 3.04. The van der Waals surface area contributed by atoms with Gasteiger partial charge in [0.05, 0.1) is 33.0 Å². The molecule has 0 fully saturated rings. The number of amides is 1. The number of nitrogens with zero attached hydrogens (tertiary/aromatic N) is 1. The number of rotatable bonds is 9. The molecule has 0 bridgehead atoms. The lowest BCUT2D eigenvalue weighted by molar-refractivity contribution is 0.102. The quantitative estimate of drug-likeness (QED) is 0.543. The van der Waals surface area contributed by atoms with Crippen molar-refractivity contribution in [3.05, 3.63) is 42.0 Å². The van der Waals surface area contributed by atoms with Gasteiger partial charge in [-0.2, -0.15) is 5.10 Å². The Morgan fingerprint density at radius 2 is 1.93 bits per heavy atom. The molecule has 3 rings (SSSR count). The molecule has 0 aliphatic heterocycles. The monoisotopic (exact) mass is 387 g/mol. The third kappa shape index (κ3) is 4.33. The normalized spacial score (nSPS) is 10.7. The Morgan fingerprint density at radius 1 is 1.11 bits per heavy atom. The van der Waals surface area contributed by atoms with Gasteiger partial charge in [0.15, 0.2) is 17.3 Å². The van der Waals surface area contributed by atoms with Crippen LogP contribution in [0, 0.1) is 0 Å². The Kier molecular flexibility index (Phi) is 6.31. The number of ether oxygens (including phenoxy) is 3. The van der Waals surface area contributed by atoms with Crippen molar-refractivity contribution in [2.45, 2.75) is 12.8 Å². The molecular formula is C20H22FN3O4. The predicted octanol–water partition coefficient (Wildman–Crippen LogP) is 3.96. The van der Waals surface area contributed by atoms with E-state index in [0.29, 0.717) is 48.1 Å². The molecule has 7 nitrogen and oxygen atoms in total. The van der Waals surface area contributed by atoms with Crippen LogP contribution in [0.4, 0.5) is 10.2 Å². The maximum Gasteiger partial charge on any atom is 0.257 e. The zero-order valence-electron chi connectivity index (χ0n) is 15.8. The van der Waals surface area contributed by atoms with Gasteiger partial charge in [0, 0.05) is 10.9 Å². The van der Waals surface area contributed by atoms with E-state index in [1.807, 2.05) is 6.07 Å². The highest BCUT2D eigenvalue weighted by Gasteiger charge is 2.14. The highest BCUT2D eigenvalue weighted by molar-refractivity contribution is 6.08. The zero-order chi connectivity index (χ0) is 19.9. The molecule has 2 N–H and O–H groups in total. The van der Waals surface area contributed by atoms with Crippen LogP contribution in [-0.4, -0.2) is 43.6 Å². The third-order valence-corrected chi connectivity index (χ3v) is 4.21. The van der Waals surface area contributed by atoms with Crippen molar-refractivity contribution in [2.24, 2.45) is 0 Å². The second-order valence-corrected chi connectivity index (χ2v) is 6.05. The first kappa shape index (κ1) is 19.5. The molecule has 28 heavy (non-hydrogen) atoms. The van der Waals surface area contributed by atoms with Crippen LogP contribution in [0.2, 0.25) is 0 Å². The molecule has 1 heterocycles. The van der Waals surface area contributed by atoms with Crippen LogP contribution in [0.5, 0.6) is 17.2 Å². The Labute approximate surface area is 161 Å². The summed E-state index contributed by atoms with van der Waals surface area (Å²) in [5, 5.41) is 10.6. The molecule has 0 aliphatic carbocycles. The van der Waals surface area contributed by atoms with Gasteiger partial charge in [-0.15, -0.1) is 0 Å². The number of hydrogen-bond donors (Lipinski definition) is 2. The minimum absolute atomic E-state index is 0.330. The van der Waals surface area contributed by atoms with Crippen molar-refractivity contribution < 1.29 is 23.4 Å². The molecule has 148 valence electrons. The number of fused-ring (bicyclic) bond motifs is 1. The molecule has 0 saturated carbocycles. The molecule has 0 atom stereocenters. The van der Waals surface area contributed by atoms with Gasteiger partial charge in [-0.3, -0.25) is 14.3 Å². The lowest BCUT2D eigenvalue weighted by atomic mass is 10.2. The van der Waals surface area contributed by atoms with Crippen molar-refractivity contribution >= 4 is 22.6 Å². The van der Waals surface area contributed by atoms with Gasteiger partial charge in [0.2, 0.25) is 0 Å². The second kappa shape index (κ2) is 9.07. The number of carbonyl (C=O) groups excluding carboxylic acids is 1. The van der Waals surface area contributed by atoms with Crippen LogP contribution < -0.4 is 19.5 Å². The Bertz CT molecular complexity index is 958. The highest BCUT2D eigenvalue weighted by Crippen LogP contribution is 2.29. The predicted molar refractivity (Wildman–Crippen MR) is 104 cm³/mol. The van der Waals surface area contributed by atoms with E-state index in [-0.39, 0.29) is 12.6 Å². The lowest BCUT2D eigenvalue weighted by Crippen LogP contribution is -2.12. The van der Waals surface area contributed by atoms with E-state index in [9.17, 15) is 9.18 Å². The summed E-state index contributed by atoms with van der Waals surface area (Å²) in [5.41, 5.74) is 1.17. The number of halogens is 1. The van der Waals surface area contributed by atoms with E-state index in [0.717, 1.165) is 10.9 Å². The molecule has 3 aromatic rings. The minimum atomic E-state index is -0.351. The van der Waals surface area contributed by atoms with E-state index < -0.39 is 0 Å². The second-order valence-electron chi connectivity index (χ2n) is 6.05. The number of H-pyrrole nitrogens is 1. The number of aromatic nitrogens is 2. The smallest absolute Gasteiger partial charge is 0.257 e. The molecule has 1 aromatic heterocycles. The van der Waals surface area contributed by atoms with E-state index in [1.165, 1.54) is 14.2 Å². The standard InChI is InChI=1S/C20H22FN3O4/c1-26-17-8-5-13(11-18(17)27-2)20(25)22-19-15-12-14(28-10-4-3-9-21)6-7-16(15)23-24-19/h5-8,11-12H,3-4,9-10H2,1-2H3,(H2,22,23,24,25). The largest absolute Gasteiger partial charge is 0.494 e. The first-order chi connectivity index (χ1) is 13.7. The van der Waals surface area contributed by atoms with Gasteiger partial charge in [0.1, 0.15) is 5.75 Å². The molecule has 0 radical (unpaired) electrons. The molecule has 1 amide bonds. The Balaban J connectivity index is 1.77. The summed E-state index contributed by atoms with van der Waals surface area (Å²) in [6, 6.07) is 10.3. The van der Waals surface area contributed by atoms with Gasteiger partial charge >= 0.3 is 0 Å².